The molecule has 0 amide bonds. The summed E-state index contributed by atoms with van der Waals surface area (Å²) in [4.78, 5) is 9.49. The van der Waals surface area contributed by atoms with E-state index >= 15 is 0 Å². The summed E-state index contributed by atoms with van der Waals surface area (Å²) in [6.45, 7) is 3.29. The maximum absolute atomic E-state index is 5.70. The minimum Gasteiger partial charge on any atom is -0.376 e. The number of ether oxygens (including phenoxy) is 1. The summed E-state index contributed by atoms with van der Waals surface area (Å²) in [5.74, 6) is 0. The van der Waals surface area contributed by atoms with Gasteiger partial charge >= 0.3 is 0 Å². The fourth-order valence-corrected chi connectivity index (χ4v) is 2.29. The van der Waals surface area contributed by atoms with Crippen LogP contribution in [0.2, 0.25) is 5.15 Å². The number of hydrogen-bond donors (Lipinski definition) is 0. The summed E-state index contributed by atoms with van der Waals surface area (Å²) in [7, 11) is 0. The van der Waals surface area contributed by atoms with Crippen LogP contribution >= 0.6 is 22.9 Å². The van der Waals surface area contributed by atoms with Crippen molar-refractivity contribution in [3.05, 3.63) is 45.1 Å². The van der Waals surface area contributed by atoms with Crippen molar-refractivity contribution in [3.63, 3.8) is 0 Å². The van der Waals surface area contributed by atoms with Crippen molar-refractivity contribution in [2.75, 3.05) is 6.61 Å². The molecule has 0 N–H and O–H groups in total. The molecular formula is C12H13ClN2OS. The van der Waals surface area contributed by atoms with Crippen LogP contribution in [-0.4, -0.2) is 16.6 Å². The number of rotatable bonds is 5. The van der Waals surface area contributed by atoms with Crippen molar-refractivity contribution in [1.29, 1.82) is 0 Å². The molecule has 0 aromatic carbocycles. The van der Waals surface area contributed by atoms with Gasteiger partial charge in [0, 0.05) is 17.5 Å². The van der Waals surface area contributed by atoms with Gasteiger partial charge < -0.3 is 4.74 Å². The van der Waals surface area contributed by atoms with Crippen molar-refractivity contribution < 1.29 is 4.74 Å². The van der Waals surface area contributed by atoms with Crippen molar-refractivity contribution in [3.8, 4) is 0 Å². The number of thiazole rings is 1. The Balaban J connectivity index is 1.73. The Hall–Kier alpha value is -0.970. The van der Waals surface area contributed by atoms with Gasteiger partial charge in [-0.1, -0.05) is 17.7 Å². The summed E-state index contributed by atoms with van der Waals surface area (Å²) >= 11 is 7.38. The van der Waals surface area contributed by atoms with Gasteiger partial charge in [-0.25, -0.2) is 9.97 Å². The van der Waals surface area contributed by atoms with Crippen molar-refractivity contribution in [2.24, 2.45) is 0 Å². The zero-order valence-electron chi connectivity index (χ0n) is 9.52. The van der Waals surface area contributed by atoms with Gasteiger partial charge in [0.15, 0.2) is 0 Å². The van der Waals surface area contributed by atoms with Crippen LogP contribution in [0.3, 0.4) is 0 Å². The molecule has 0 bridgehead atoms. The van der Waals surface area contributed by atoms with Crippen molar-refractivity contribution in [2.45, 2.75) is 20.0 Å². The van der Waals surface area contributed by atoms with Crippen LogP contribution in [-0.2, 0) is 17.8 Å². The van der Waals surface area contributed by atoms with Gasteiger partial charge in [0.1, 0.15) is 5.15 Å². The lowest BCUT2D eigenvalue weighted by atomic mass is 10.3. The number of pyridine rings is 1. The average molecular weight is 269 g/mol. The first-order chi connectivity index (χ1) is 8.25. The molecule has 5 heteroatoms. The Morgan fingerprint density at radius 1 is 1.35 bits per heavy atom. The highest BCUT2D eigenvalue weighted by atomic mass is 35.5. The number of halogens is 1. The minimum atomic E-state index is 0.508. The average Bonchev–Trinajstić information content (AvgIpc) is 2.73. The van der Waals surface area contributed by atoms with E-state index in [1.165, 1.54) is 4.88 Å². The molecule has 0 radical (unpaired) electrons. The van der Waals surface area contributed by atoms with E-state index in [9.17, 15) is 0 Å². The number of aromatic nitrogens is 2. The van der Waals surface area contributed by atoms with Gasteiger partial charge in [0.2, 0.25) is 0 Å². The summed E-state index contributed by atoms with van der Waals surface area (Å²) in [6.07, 6.45) is 2.65. The summed E-state index contributed by atoms with van der Waals surface area (Å²) in [5, 5.41) is 0.508. The van der Waals surface area contributed by atoms with E-state index in [1.54, 1.807) is 23.6 Å². The van der Waals surface area contributed by atoms with Gasteiger partial charge in [0.05, 0.1) is 24.4 Å². The molecule has 0 spiro atoms. The summed E-state index contributed by atoms with van der Waals surface area (Å²) < 4.78 is 5.58. The van der Waals surface area contributed by atoms with E-state index in [0.717, 1.165) is 17.7 Å². The SMILES string of the molecule is Cc1ncsc1CCOCc1ccc(Cl)nc1. The third-order valence-corrected chi connectivity index (χ3v) is 3.59. The maximum atomic E-state index is 5.70. The van der Waals surface area contributed by atoms with Crippen LogP contribution in [0.1, 0.15) is 16.1 Å². The lowest BCUT2D eigenvalue weighted by Gasteiger charge is -2.03. The Kier molecular flexibility index (Phi) is 4.48. The molecule has 2 heterocycles. The molecule has 2 aromatic heterocycles. The Morgan fingerprint density at radius 3 is 2.88 bits per heavy atom. The summed E-state index contributed by atoms with van der Waals surface area (Å²) in [6, 6.07) is 3.70. The minimum absolute atomic E-state index is 0.508. The molecule has 17 heavy (non-hydrogen) atoms. The van der Waals surface area contributed by atoms with Gasteiger partial charge in [-0.2, -0.15) is 0 Å². The number of nitrogens with zero attached hydrogens (tertiary/aromatic N) is 2. The Labute approximate surface area is 109 Å². The van der Waals surface area contributed by atoms with Crippen LogP contribution in [0.25, 0.3) is 0 Å². The lowest BCUT2D eigenvalue weighted by Crippen LogP contribution is -1.99. The third-order valence-electron chi connectivity index (χ3n) is 2.38. The molecular weight excluding hydrogens is 256 g/mol. The molecule has 2 aromatic rings. The fourth-order valence-electron chi connectivity index (χ4n) is 1.41. The zero-order valence-corrected chi connectivity index (χ0v) is 11.1. The molecule has 2 rings (SSSR count). The Bertz CT molecular complexity index is 470. The topological polar surface area (TPSA) is 35.0 Å². The predicted molar refractivity (Wildman–Crippen MR) is 69.5 cm³/mol. The molecule has 0 atom stereocenters. The maximum Gasteiger partial charge on any atom is 0.129 e. The zero-order chi connectivity index (χ0) is 12.1. The normalized spacial score (nSPS) is 10.7. The van der Waals surface area contributed by atoms with Crippen molar-refractivity contribution >= 4 is 22.9 Å². The molecule has 0 aliphatic carbocycles. The molecule has 0 fully saturated rings. The summed E-state index contributed by atoms with van der Waals surface area (Å²) in [5.41, 5.74) is 4.01. The van der Waals surface area contributed by atoms with E-state index in [-0.39, 0.29) is 0 Å². The standard InChI is InChI=1S/C12H13ClN2OS/c1-9-11(17-8-15-9)4-5-16-7-10-2-3-12(13)14-6-10/h2-3,6,8H,4-5,7H2,1H3. The highest BCUT2D eigenvalue weighted by Crippen LogP contribution is 2.13. The van der Waals surface area contributed by atoms with Gasteiger partial charge in [-0.05, 0) is 18.6 Å². The first-order valence-electron chi connectivity index (χ1n) is 5.33. The van der Waals surface area contributed by atoms with Crippen LogP contribution in [0.4, 0.5) is 0 Å². The molecule has 90 valence electrons. The van der Waals surface area contributed by atoms with Crippen molar-refractivity contribution in [1.82, 2.24) is 9.97 Å². The smallest absolute Gasteiger partial charge is 0.129 e. The number of aryl methyl sites for hydroxylation is 1. The van der Waals surface area contributed by atoms with E-state index in [0.29, 0.717) is 18.4 Å². The van der Waals surface area contributed by atoms with Crippen LogP contribution in [0.15, 0.2) is 23.8 Å². The first-order valence-corrected chi connectivity index (χ1v) is 6.58. The molecule has 0 unspecified atom stereocenters. The molecule has 0 saturated carbocycles. The third kappa shape index (κ3) is 3.77. The van der Waals surface area contributed by atoms with E-state index in [1.807, 2.05) is 18.5 Å². The van der Waals surface area contributed by atoms with Gasteiger partial charge in [-0.15, -0.1) is 11.3 Å². The second kappa shape index (κ2) is 6.10. The molecule has 0 saturated heterocycles. The lowest BCUT2D eigenvalue weighted by molar-refractivity contribution is 0.124. The van der Waals surface area contributed by atoms with E-state index < -0.39 is 0 Å². The van der Waals surface area contributed by atoms with Crippen LogP contribution in [0.5, 0.6) is 0 Å². The first kappa shape index (κ1) is 12.5. The Morgan fingerprint density at radius 2 is 2.24 bits per heavy atom. The number of hydrogen-bond acceptors (Lipinski definition) is 4. The van der Waals surface area contributed by atoms with Crippen LogP contribution < -0.4 is 0 Å². The van der Waals surface area contributed by atoms with Gasteiger partial charge in [-0.3, -0.25) is 0 Å². The second-order valence-corrected chi connectivity index (χ2v) is 4.98. The predicted octanol–water partition coefficient (Wildman–Crippen LogP) is 3.26. The highest BCUT2D eigenvalue weighted by molar-refractivity contribution is 7.09. The molecule has 0 aliphatic rings. The van der Waals surface area contributed by atoms with Gasteiger partial charge in [0.25, 0.3) is 0 Å². The van der Waals surface area contributed by atoms with E-state index in [4.69, 9.17) is 16.3 Å². The quantitative estimate of drug-likeness (QED) is 0.617. The van der Waals surface area contributed by atoms with Crippen LogP contribution in [0, 0.1) is 6.92 Å². The molecule has 0 aliphatic heterocycles. The second-order valence-electron chi connectivity index (χ2n) is 3.65. The largest absolute Gasteiger partial charge is 0.376 e. The molecule has 3 nitrogen and oxygen atoms in total. The fraction of sp³-hybridized carbons (Fsp3) is 0.333. The monoisotopic (exact) mass is 268 g/mol. The highest BCUT2D eigenvalue weighted by Gasteiger charge is 2.01. The van der Waals surface area contributed by atoms with E-state index in [2.05, 4.69) is 9.97 Å².